The Labute approximate surface area is 367 Å². The Balaban J connectivity index is 0.882. The number of rotatable bonds is 8. The first-order valence-corrected chi connectivity index (χ1v) is 21.0. The zero-order chi connectivity index (χ0) is 42.4. The first kappa shape index (κ1) is 36.9. The molecule has 0 atom stereocenters. The molecule has 0 unspecified atom stereocenters. The summed E-state index contributed by atoms with van der Waals surface area (Å²) in [4.78, 5) is 10.4. The topological polar surface area (TPSA) is 104 Å². The van der Waals surface area contributed by atoms with Crippen molar-refractivity contribution in [2.75, 3.05) is 0 Å². The van der Waals surface area contributed by atoms with Gasteiger partial charge in [0.1, 0.15) is 0 Å². The van der Waals surface area contributed by atoms with Crippen molar-refractivity contribution in [1.82, 2.24) is 30.4 Å². The summed E-state index contributed by atoms with van der Waals surface area (Å²) in [6, 6.07) is 69.9. The van der Waals surface area contributed by atoms with Gasteiger partial charge >= 0.3 is 0 Å². The number of benzene rings is 9. The highest BCUT2D eigenvalue weighted by atomic mass is 16.4. The molecule has 9 aromatic carbocycles. The summed E-state index contributed by atoms with van der Waals surface area (Å²) in [5.74, 6) is 1.95. The van der Waals surface area contributed by atoms with Gasteiger partial charge in [-0.3, -0.25) is 0 Å². The van der Waals surface area contributed by atoms with Crippen molar-refractivity contribution in [3.8, 4) is 90.6 Å². The molecule has 0 bridgehead atoms. The van der Waals surface area contributed by atoms with E-state index in [1.165, 1.54) is 0 Å². The molecule has 8 nitrogen and oxygen atoms in total. The summed E-state index contributed by atoms with van der Waals surface area (Å²) in [5, 5.41) is 21.8. The van der Waals surface area contributed by atoms with Crippen LogP contribution in [0.3, 0.4) is 0 Å². The van der Waals surface area contributed by atoms with Crippen LogP contribution in [0.1, 0.15) is 0 Å². The first-order chi connectivity index (χ1) is 31.7. The molecule has 300 valence electrons. The van der Waals surface area contributed by atoms with E-state index in [1.54, 1.807) is 0 Å². The standard InChI is InChI=1S/C56H34N6O2/c1-3-13-39(14-4-1)53-59-61-55(63-53)47-33-31-41(43-17-7-9-19-45(43)47)35-23-27-37(28-24-35)51-52(58-50-22-12-11-21-49(50)57-51)38-29-25-36(26-30-38)42-32-34-48(46-20-10-8-18-44(42)46)56-62-60-54(64-56)40-15-5-2-6-16-40/h1-34H. The number of fused-ring (bicyclic) bond motifs is 3. The second kappa shape index (κ2) is 15.5. The predicted molar refractivity (Wildman–Crippen MR) is 254 cm³/mol. The minimum Gasteiger partial charge on any atom is -0.416 e. The van der Waals surface area contributed by atoms with Crippen molar-refractivity contribution in [1.29, 1.82) is 0 Å². The second-order valence-electron chi connectivity index (χ2n) is 15.5. The van der Waals surface area contributed by atoms with Crippen molar-refractivity contribution in [3.05, 3.63) is 206 Å². The largest absolute Gasteiger partial charge is 0.416 e. The van der Waals surface area contributed by atoms with Gasteiger partial charge in [0.2, 0.25) is 23.6 Å². The molecule has 3 aromatic heterocycles. The van der Waals surface area contributed by atoms with Crippen LogP contribution >= 0.6 is 0 Å². The van der Waals surface area contributed by atoms with Crippen molar-refractivity contribution in [3.63, 3.8) is 0 Å². The Bertz CT molecular complexity index is 3420. The number of hydrogen-bond acceptors (Lipinski definition) is 8. The lowest BCUT2D eigenvalue weighted by Crippen LogP contribution is -1.96. The molecule has 0 aliphatic carbocycles. The highest BCUT2D eigenvalue weighted by Gasteiger charge is 2.19. The molecule has 8 heteroatoms. The summed E-state index contributed by atoms with van der Waals surface area (Å²) >= 11 is 0. The minimum absolute atomic E-state index is 0.483. The van der Waals surface area contributed by atoms with Gasteiger partial charge < -0.3 is 8.83 Å². The third kappa shape index (κ3) is 6.58. The maximum absolute atomic E-state index is 6.19. The zero-order valence-corrected chi connectivity index (χ0v) is 34.1. The zero-order valence-electron chi connectivity index (χ0n) is 34.1. The van der Waals surface area contributed by atoms with Gasteiger partial charge in [-0.2, -0.15) is 0 Å². The van der Waals surface area contributed by atoms with E-state index in [9.17, 15) is 0 Å². The van der Waals surface area contributed by atoms with Crippen LogP contribution in [-0.2, 0) is 0 Å². The quantitative estimate of drug-likeness (QED) is 0.149. The molecule has 0 amide bonds. The lowest BCUT2D eigenvalue weighted by Gasteiger charge is -2.14. The van der Waals surface area contributed by atoms with E-state index in [0.717, 1.165) is 99.6 Å². The Morgan fingerprint density at radius 2 is 0.547 bits per heavy atom. The molecule has 12 rings (SSSR count). The van der Waals surface area contributed by atoms with E-state index in [0.29, 0.717) is 23.6 Å². The van der Waals surface area contributed by atoms with Gasteiger partial charge in [-0.1, -0.05) is 158 Å². The molecule has 0 aliphatic heterocycles. The van der Waals surface area contributed by atoms with Crippen molar-refractivity contribution < 1.29 is 8.83 Å². The van der Waals surface area contributed by atoms with Crippen molar-refractivity contribution in [2.45, 2.75) is 0 Å². The Morgan fingerprint density at radius 1 is 0.234 bits per heavy atom. The van der Waals surface area contributed by atoms with E-state index in [-0.39, 0.29) is 0 Å². The summed E-state index contributed by atoms with van der Waals surface area (Å²) in [5.41, 5.74) is 13.1. The van der Waals surface area contributed by atoms with Crippen LogP contribution in [0.4, 0.5) is 0 Å². The molecule has 12 aromatic rings. The number of hydrogen-bond donors (Lipinski definition) is 0. The van der Waals surface area contributed by atoms with Gasteiger partial charge in [0, 0.05) is 33.4 Å². The molecule has 0 fully saturated rings. The molecular weight excluding hydrogens is 789 g/mol. The predicted octanol–water partition coefficient (Wildman–Crippen LogP) is 14.0. The maximum atomic E-state index is 6.19. The first-order valence-electron chi connectivity index (χ1n) is 21.0. The maximum Gasteiger partial charge on any atom is 0.248 e. The van der Waals surface area contributed by atoms with Crippen LogP contribution in [0, 0.1) is 0 Å². The fourth-order valence-electron chi connectivity index (χ4n) is 8.55. The number of nitrogens with zero attached hydrogens (tertiary/aromatic N) is 6. The summed E-state index contributed by atoms with van der Waals surface area (Å²) in [6.45, 7) is 0. The molecule has 0 aliphatic rings. The average molecular weight is 823 g/mol. The Hall–Kier alpha value is -8.88. The monoisotopic (exact) mass is 822 g/mol. The molecule has 0 N–H and O–H groups in total. The Kier molecular flexibility index (Phi) is 8.97. The highest BCUT2D eigenvalue weighted by molar-refractivity contribution is 6.05. The molecule has 64 heavy (non-hydrogen) atoms. The Morgan fingerprint density at radius 3 is 0.953 bits per heavy atom. The van der Waals surface area contributed by atoms with Crippen LogP contribution in [0.5, 0.6) is 0 Å². The summed E-state index contributed by atoms with van der Waals surface area (Å²) < 4.78 is 12.4. The number of para-hydroxylation sites is 2. The molecule has 0 spiro atoms. The minimum atomic E-state index is 0.483. The van der Waals surface area contributed by atoms with Crippen LogP contribution in [-0.4, -0.2) is 30.4 Å². The lowest BCUT2D eigenvalue weighted by atomic mass is 9.93. The van der Waals surface area contributed by atoms with Gasteiger partial charge in [-0.15, -0.1) is 20.4 Å². The molecule has 3 heterocycles. The normalized spacial score (nSPS) is 11.4. The van der Waals surface area contributed by atoms with Crippen molar-refractivity contribution >= 4 is 32.6 Å². The third-order valence-corrected chi connectivity index (χ3v) is 11.7. The molecule has 0 radical (unpaired) electrons. The fourth-order valence-corrected chi connectivity index (χ4v) is 8.55. The lowest BCUT2D eigenvalue weighted by molar-refractivity contribution is 0.585. The summed E-state index contributed by atoms with van der Waals surface area (Å²) in [6.07, 6.45) is 0. The van der Waals surface area contributed by atoms with E-state index in [2.05, 4.69) is 130 Å². The van der Waals surface area contributed by atoms with Crippen LogP contribution in [0.2, 0.25) is 0 Å². The van der Waals surface area contributed by atoms with E-state index < -0.39 is 0 Å². The highest BCUT2D eigenvalue weighted by Crippen LogP contribution is 2.40. The molecule has 0 saturated carbocycles. The van der Waals surface area contributed by atoms with Gasteiger partial charge in [-0.25, -0.2) is 9.97 Å². The van der Waals surface area contributed by atoms with Gasteiger partial charge in [0.25, 0.3) is 0 Å². The average Bonchev–Trinajstić information content (AvgIpc) is 4.08. The fraction of sp³-hybridized carbons (Fsp3) is 0. The SMILES string of the molecule is c1ccc(-c2nnc(-c3ccc(-c4ccc(-c5nc6ccccc6nc5-c5ccc(-c6ccc(-c7nnc(-c8ccccc8)o7)c7ccccc67)cc5)cc4)c4ccccc34)o2)cc1. The van der Waals surface area contributed by atoms with Gasteiger partial charge in [-0.05, 0) is 92.3 Å². The van der Waals surface area contributed by atoms with Crippen LogP contribution < -0.4 is 0 Å². The van der Waals surface area contributed by atoms with E-state index in [1.807, 2.05) is 97.1 Å². The third-order valence-electron chi connectivity index (χ3n) is 11.7. The number of aromatic nitrogens is 6. The molecular formula is C56H34N6O2. The van der Waals surface area contributed by atoms with E-state index in [4.69, 9.17) is 18.8 Å². The smallest absolute Gasteiger partial charge is 0.248 e. The van der Waals surface area contributed by atoms with Crippen LogP contribution in [0.25, 0.3) is 123 Å². The van der Waals surface area contributed by atoms with Gasteiger partial charge in [0.05, 0.1) is 22.4 Å². The van der Waals surface area contributed by atoms with E-state index >= 15 is 0 Å². The summed E-state index contributed by atoms with van der Waals surface area (Å²) in [7, 11) is 0. The van der Waals surface area contributed by atoms with Crippen molar-refractivity contribution in [2.24, 2.45) is 0 Å². The van der Waals surface area contributed by atoms with Crippen LogP contribution in [0.15, 0.2) is 215 Å². The van der Waals surface area contributed by atoms with Gasteiger partial charge in [0.15, 0.2) is 0 Å². The molecule has 0 saturated heterocycles. The second-order valence-corrected chi connectivity index (χ2v) is 15.5.